The normalized spacial score (nSPS) is 30.9. The highest BCUT2D eigenvalue weighted by molar-refractivity contribution is 5.60. The van der Waals surface area contributed by atoms with Crippen LogP contribution in [0.4, 0.5) is 4.79 Å². The van der Waals surface area contributed by atoms with Crippen molar-refractivity contribution in [2.75, 3.05) is 13.7 Å². The summed E-state index contributed by atoms with van der Waals surface area (Å²) in [5.74, 6) is 0. The van der Waals surface area contributed by atoms with Crippen molar-refractivity contribution >= 4 is 6.16 Å². The number of rotatable bonds is 5. The minimum Gasteiger partial charge on any atom is -0.429 e. The fourth-order valence-electron chi connectivity index (χ4n) is 3.52. The number of benzene rings is 2. The van der Waals surface area contributed by atoms with Crippen molar-refractivity contribution in [3.8, 4) is 0 Å². The Bertz CT molecular complexity index is 814. The number of aliphatic hydroxyl groups excluding tert-OH is 1. The van der Waals surface area contributed by atoms with Crippen molar-refractivity contribution in [1.82, 2.24) is 0 Å². The predicted molar refractivity (Wildman–Crippen MR) is 103 cm³/mol. The molecular weight excluding hydrogens is 392 g/mol. The lowest BCUT2D eigenvalue weighted by Crippen LogP contribution is -2.63. The zero-order chi connectivity index (χ0) is 20.9. The lowest BCUT2D eigenvalue weighted by Gasteiger charge is -2.46. The second kappa shape index (κ2) is 9.55. The number of carbonyl (C=O) groups is 1. The fraction of sp³-hybridized carbons (Fsp3) is 0.409. The average molecular weight is 416 g/mol. The average Bonchev–Trinajstić information content (AvgIpc) is 2.80. The number of fused-ring (bicyclic) bond motifs is 1. The van der Waals surface area contributed by atoms with Gasteiger partial charge in [0.2, 0.25) is 0 Å². The molecule has 0 aromatic heterocycles. The molecule has 0 unspecified atom stereocenters. The van der Waals surface area contributed by atoms with Gasteiger partial charge < -0.3 is 33.5 Å². The van der Waals surface area contributed by atoms with Crippen molar-refractivity contribution in [1.29, 1.82) is 0 Å². The van der Waals surface area contributed by atoms with Crippen LogP contribution in [-0.2, 0) is 35.0 Å². The highest BCUT2D eigenvalue weighted by Gasteiger charge is 2.51. The second-order valence-electron chi connectivity index (χ2n) is 7.05. The van der Waals surface area contributed by atoms with Crippen molar-refractivity contribution < 1.29 is 38.3 Å². The molecule has 0 aliphatic carbocycles. The quantitative estimate of drug-likeness (QED) is 0.744. The van der Waals surface area contributed by atoms with Gasteiger partial charge in [0.25, 0.3) is 0 Å². The topological polar surface area (TPSA) is 92.7 Å². The molecule has 0 saturated carbocycles. The molecule has 2 aromatic carbocycles. The van der Waals surface area contributed by atoms with E-state index in [4.69, 9.17) is 28.4 Å². The number of hydrogen-bond acceptors (Lipinski definition) is 8. The van der Waals surface area contributed by atoms with E-state index in [0.29, 0.717) is 0 Å². The molecule has 0 bridgehead atoms. The summed E-state index contributed by atoms with van der Waals surface area (Å²) >= 11 is 0. The third kappa shape index (κ3) is 4.63. The number of aliphatic hydroxyl groups is 1. The van der Waals surface area contributed by atoms with E-state index in [1.54, 1.807) is 0 Å². The summed E-state index contributed by atoms with van der Waals surface area (Å²) in [7, 11) is 1.40. The maximum atomic E-state index is 12.2. The smallest absolute Gasteiger partial charge is 0.429 e. The summed E-state index contributed by atoms with van der Waals surface area (Å²) in [6.07, 6.45) is -6.20. The molecule has 8 nitrogen and oxygen atoms in total. The summed E-state index contributed by atoms with van der Waals surface area (Å²) < 4.78 is 33.2. The Morgan fingerprint density at radius 3 is 2.47 bits per heavy atom. The van der Waals surface area contributed by atoms with Crippen LogP contribution < -0.4 is 0 Å². The first-order chi connectivity index (χ1) is 14.7. The van der Waals surface area contributed by atoms with Crippen LogP contribution in [0.3, 0.4) is 0 Å². The van der Waals surface area contributed by atoms with Gasteiger partial charge in [-0.1, -0.05) is 60.7 Å². The van der Waals surface area contributed by atoms with E-state index >= 15 is 0 Å². The Hall–Kier alpha value is -2.49. The molecular formula is C22H24O8. The highest BCUT2D eigenvalue weighted by Crippen LogP contribution is 2.35. The van der Waals surface area contributed by atoms with Gasteiger partial charge in [-0.3, -0.25) is 0 Å². The molecule has 2 aliphatic heterocycles. The number of hydrogen-bond donors (Lipinski definition) is 1. The lowest BCUT2D eigenvalue weighted by atomic mass is 9.97. The summed E-state index contributed by atoms with van der Waals surface area (Å²) in [5.41, 5.74) is 1.63. The van der Waals surface area contributed by atoms with Gasteiger partial charge in [0, 0.05) is 12.7 Å². The molecule has 2 aromatic rings. The van der Waals surface area contributed by atoms with Gasteiger partial charge in [-0.15, -0.1) is 0 Å². The molecule has 2 fully saturated rings. The first-order valence-electron chi connectivity index (χ1n) is 9.71. The molecule has 2 heterocycles. The second-order valence-corrected chi connectivity index (χ2v) is 7.05. The van der Waals surface area contributed by atoms with Crippen LogP contribution in [0.2, 0.25) is 0 Å². The zero-order valence-electron chi connectivity index (χ0n) is 16.5. The molecule has 2 aliphatic rings. The highest BCUT2D eigenvalue weighted by atomic mass is 16.8. The Labute approximate surface area is 174 Å². The van der Waals surface area contributed by atoms with Gasteiger partial charge in [-0.2, -0.15) is 0 Å². The van der Waals surface area contributed by atoms with E-state index in [-0.39, 0.29) is 13.2 Å². The van der Waals surface area contributed by atoms with Gasteiger partial charge in [0.15, 0.2) is 18.7 Å². The molecule has 6 atom stereocenters. The van der Waals surface area contributed by atoms with E-state index < -0.39 is 43.2 Å². The van der Waals surface area contributed by atoms with Crippen LogP contribution in [0, 0.1) is 0 Å². The molecule has 0 amide bonds. The van der Waals surface area contributed by atoms with Crippen molar-refractivity contribution in [2.24, 2.45) is 0 Å². The van der Waals surface area contributed by atoms with E-state index in [1.165, 1.54) is 7.11 Å². The van der Waals surface area contributed by atoms with E-state index in [9.17, 15) is 9.90 Å². The molecule has 1 N–H and O–H groups in total. The summed E-state index contributed by atoms with van der Waals surface area (Å²) in [5, 5.41) is 10.9. The van der Waals surface area contributed by atoms with Crippen LogP contribution in [0.1, 0.15) is 17.4 Å². The van der Waals surface area contributed by atoms with Crippen LogP contribution in [0.15, 0.2) is 60.7 Å². The summed E-state index contributed by atoms with van der Waals surface area (Å²) in [6, 6.07) is 18.6. The molecule has 8 heteroatoms. The van der Waals surface area contributed by atoms with Gasteiger partial charge in [-0.25, -0.2) is 4.79 Å². The minimum absolute atomic E-state index is 0.0491. The van der Waals surface area contributed by atoms with Gasteiger partial charge in [0.1, 0.15) is 24.9 Å². The Morgan fingerprint density at radius 1 is 1.07 bits per heavy atom. The monoisotopic (exact) mass is 416 g/mol. The summed E-state index contributed by atoms with van der Waals surface area (Å²) in [6.45, 7) is 0.250. The van der Waals surface area contributed by atoms with E-state index in [0.717, 1.165) is 11.1 Å². The lowest BCUT2D eigenvalue weighted by molar-refractivity contribution is -0.358. The van der Waals surface area contributed by atoms with Gasteiger partial charge >= 0.3 is 6.16 Å². The number of ether oxygens (including phenoxy) is 6. The fourth-order valence-corrected chi connectivity index (χ4v) is 3.52. The van der Waals surface area contributed by atoms with Crippen molar-refractivity contribution in [2.45, 2.75) is 43.6 Å². The number of methoxy groups -OCH3 is 1. The van der Waals surface area contributed by atoms with E-state index in [2.05, 4.69) is 0 Å². The zero-order valence-corrected chi connectivity index (χ0v) is 16.5. The maximum absolute atomic E-state index is 12.2. The SMILES string of the molecule is CO[C@@H]1O[C@@H]2CO[C@@H](c3ccccc3)O[C@H]2[C@H](O)[C@H]1OC(=O)OCc1ccccc1. The van der Waals surface area contributed by atoms with Crippen LogP contribution >= 0.6 is 0 Å². The maximum Gasteiger partial charge on any atom is 0.509 e. The van der Waals surface area contributed by atoms with Crippen LogP contribution in [0.25, 0.3) is 0 Å². The first kappa shape index (κ1) is 20.8. The molecule has 2 saturated heterocycles. The molecule has 160 valence electrons. The molecule has 4 rings (SSSR count). The Kier molecular flexibility index (Phi) is 6.61. The minimum atomic E-state index is -1.19. The van der Waals surface area contributed by atoms with E-state index in [1.807, 2.05) is 60.7 Å². The third-order valence-electron chi connectivity index (χ3n) is 5.05. The van der Waals surface area contributed by atoms with Crippen LogP contribution in [0.5, 0.6) is 0 Å². The molecule has 30 heavy (non-hydrogen) atoms. The largest absolute Gasteiger partial charge is 0.509 e. The Morgan fingerprint density at radius 2 is 1.77 bits per heavy atom. The third-order valence-corrected chi connectivity index (χ3v) is 5.05. The van der Waals surface area contributed by atoms with Crippen molar-refractivity contribution in [3.05, 3.63) is 71.8 Å². The molecule has 0 radical (unpaired) electrons. The standard InChI is InChI=1S/C22H24O8/c1-25-21-19(30-22(24)27-12-14-8-4-2-5-9-14)17(23)18-16(28-21)13-26-20(29-18)15-10-6-3-7-11-15/h2-11,16-21,23H,12-13H2,1H3/t16-,17+,18-,19-,20-,21-/m1/s1. The van der Waals surface area contributed by atoms with Crippen molar-refractivity contribution in [3.63, 3.8) is 0 Å². The van der Waals surface area contributed by atoms with Crippen LogP contribution in [-0.4, -0.2) is 55.7 Å². The Balaban J connectivity index is 1.40. The van der Waals surface area contributed by atoms with Gasteiger partial charge in [-0.05, 0) is 5.56 Å². The summed E-state index contributed by atoms with van der Waals surface area (Å²) in [4.78, 5) is 12.2. The first-order valence-corrected chi connectivity index (χ1v) is 9.71. The predicted octanol–water partition coefficient (Wildman–Crippen LogP) is 2.55. The molecule has 0 spiro atoms. The number of carbonyl (C=O) groups excluding carboxylic acids is 1. The van der Waals surface area contributed by atoms with Gasteiger partial charge in [0.05, 0.1) is 6.61 Å².